The predicted molar refractivity (Wildman–Crippen MR) is 80.4 cm³/mol. The average Bonchev–Trinajstić information content (AvgIpc) is 3.20. The number of nitrogens with one attached hydrogen (secondary N) is 1. The van der Waals surface area contributed by atoms with Crippen molar-refractivity contribution in [3.8, 4) is 0 Å². The van der Waals surface area contributed by atoms with Crippen molar-refractivity contribution in [2.75, 3.05) is 45.8 Å². The fourth-order valence-corrected chi connectivity index (χ4v) is 3.68. The number of piperazine rings is 1. The van der Waals surface area contributed by atoms with Crippen molar-refractivity contribution in [2.45, 2.75) is 45.1 Å². The van der Waals surface area contributed by atoms with Crippen LogP contribution in [0.25, 0.3) is 0 Å². The number of nitrogens with zero attached hydrogens (tertiary/aromatic N) is 2. The largest absolute Gasteiger partial charge is 0.316 e. The van der Waals surface area contributed by atoms with E-state index in [1.165, 1.54) is 77.9 Å². The van der Waals surface area contributed by atoms with Gasteiger partial charge in [0.25, 0.3) is 0 Å². The van der Waals surface area contributed by atoms with Gasteiger partial charge in [-0.05, 0) is 57.0 Å². The molecule has 3 nitrogen and oxygen atoms in total. The maximum atomic E-state index is 3.61. The molecule has 2 saturated carbocycles. The molecule has 1 heterocycles. The van der Waals surface area contributed by atoms with Crippen LogP contribution in [0.1, 0.15) is 39.0 Å². The molecule has 3 fully saturated rings. The fraction of sp³-hybridized carbons (Fsp3) is 1.00. The normalized spacial score (nSPS) is 33.3. The molecule has 110 valence electrons. The highest BCUT2D eigenvalue weighted by Crippen LogP contribution is 2.33. The van der Waals surface area contributed by atoms with Gasteiger partial charge in [-0.15, -0.1) is 0 Å². The lowest BCUT2D eigenvalue weighted by Crippen LogP contribution is -2.57. The highest BCUT2D eigenvalue weighted by atomic mass is 15.3. The Morgan fingerprint density at radius 3 is 2.37 bits per heavy atom. The van der Waals surface area contributed by atoms with Gasteiger partial charge in [-0.3, -0.25) is 4.90 Å². The molecule has 2 aliphatic carbocycles. The topological polar surface area (TPSA) is 18.5 Å². The number of hydrogen-bond acceptors (Lipinski definition) is 3. The third kappa shape index (κ3) is 3.71. The molecule has 0 amide bonds. The van der Waals surface area contributed by atoms with Gasteiger partial charge in [-0.25, -0.2) is 0 Å². The SMILES string of the molecule is CCCNCC1CCC1N1CCN(CC2CC2)CC1. The van der Waals surface area contributed by atoms with Crippen LogP contribution in [0.5, 0.6) is 0 Å². The Hall–Kier alpha value is -0.120. The lowest BCUT2D eigenvalue weighted by molar-refractivity contribution is 0.0201. The molecule has 0 aromatic rings. The first-order valence-corrected chi connectivity index (χ1v) is 8.54. The summed E-state index contributed by atoms with van der Waals surface area (Å²) in [6, 6.07) is 0.896. The Morgan fingerprint density at radius 2 is 1.79 bits per heavy atom. The zero-order chi connectivity index (χ0) is 13.1. The smallest absolute Gasteiger partial charge is 0.0137 e. The van der Waals surface area contributed by atoms with Crippen molar-refractivity contribution in [3.05, 3.63) is 0 Å². The lowest BCUT2D eigenvalue weighted by atomic mass is 9.78. The molecule has 3 aliphatic rings. The van der Waals surface area contributed by atoms with Crippen molar-refractivity contribution in [1.82, 2.24) is 15.1 Å². The van der Waals surface area contributed by atoms with E-state index in [4.69, 9.17) is 0 Å². The van der Waals surface area contributed by atoms with Crippen molar-refractivity contribution in [1.29, 1.82) is 0 Å². The van der Waals surface area contributed by atoms with Crippen LogP contribution >= 0.6 is 0 Å². The molecule has 3 heteroatoms. The van der Waals surface area contributed by atoms with Crippen LogP contribution in [0.15, 0.2) is 0 Å². The zero-order valence-electron chi connectivity index (χ0n) is 12.6. The average molecular weight is 265 g/mol. The molecule has 0 spiro atoms. The molecule has 2 unspecified atom stereocenters. The summed E-state index contributed by atoms with van der Waals surface area (Å²) >= 11 is 0. The van der Waals surface area contributed by atoms with E-state index in [2.05, 4.69) is 22.0 Å². The summed E-state index contributed by atoms with van der Waals surface area (Å²) in [4.78, 5) is 5.49. The van der Waals surface area contributed by atoms with Crippen LogP contribution in [-0.2, 0) is 0 Å². The van der Waals surface area contributed by atoms with Crippen LogP contribution in [-0.4, -0.2) is 61.7 Å². The summed E-state index contributed by atoms with van der Waals surface area (Å²) in [6.07, 6.45) is 7.14. The van der Waals surface area contributed by atoms with Gasteiger partial charge in [-0.2, -0.15) is 0 Å². The van der Waals surface area contributed by atoms with Gasteiger partial charge < -0.3 is 10.2 Å². The molecular formula is C16H31N3. The van der Waals surface area contributed by atoms with E-state index in [9.17, 15) is 0 Å². The Balaban J connectivity index is 1.36. The van der Waals surface area contributed by atoms with Crippen LogP contribution in [0, 0.1) is 11.8 Å². The quantitative estimate of drug-likeness (QED) is 0.708. The second kappa shape index (κ2) is 6.55. The van der Waals surface area contributed by atoms with Gasteiger partial charge in [0.2, 0.25) is 0 Å². The minimum atomic E-state index is 0.896. The molecule has 3 rings (SSSR count). The minimum absolute atomic E-state index is 0.896. The van der Waals surface area contributed by atoms with Crippen LogP contribution in [0.2, 0.25) is 0 Å². The second-order valence-electron chi connectivity index (χ2n) is 6.89. The van der Waals surface area contributed by atoms with Gasteiger partial charge in [-0.1, -0.05) is 6.92 Å². The van der Waals surface area contributed by atoms with Crippen molar-refractivity contribution < 1.29 is 0 Å². The third-order valence-corrected chi connectivity index (χ3v) is 5.30. The first-order chi connectivity index (χ1) is 9.36. The van der Waals surface area contributed by atoms with E-state index >= 15 is 0 Å². The molecular weight excluding hydrogens is 234 g/mol. The van der Waals surface area contributed by atoms with Gasteiger partial charge in [0, 0.05) is 38.8 Å². The summed E-state index contributed by atoms with van der Waals surface area (Å²) in [6.45, 7) is 11.4. The monoisotopic (exact) mass is 265 g/mol. The first-order valence-electron chi connectivity index (χ1n) is 8.54. The molecule has 0 aromatic heterocycles. The highest BCUT2D eigenvalue weighted by molar-refractivity contribution is 4.92. The van der Waals surface area contributed by atoms with E-state index in [-0.39, 0.29) is 0 Å². The van der Waals surface area contributed by atoms with E-state index in [1.807, 2.05) is 0 Å². The maximum absolute atomic E-state index is 3.61. The van der Waals surface area contributed by atoms with E-state index < -0.39 is 0 Å². The molecule has 1 N–H and O–H groups in total. The fourth-order valence-electron chi connectivity index (χ4n) is 3.68. The Kier molecular flexibility index (Phi) is 4.78. The molecule has 0 bridgehead atoms. The van der Waals surface area contributed by atoms with Gasteiger partial charge in [0.15, 0.2) is 0 Å². The van der Waals surface area contributed by atoms with Crippen LogP contribution < -0.4 is 5.32 Å². The molecule has 2 atom stereocenters. The molecule has 1 aliphatic heterocycles. The Labute approximate surface area is 118 Å². The summed E-state index contributed by atoms with van der Waals surface area (Å²) < 4.78 is 0. The Bertz CT molecular complexity index is 269. The third-order valence-electron chi connectivity index (χ3n) is 5.30. The van der Waals surface area contributed by atoms with E-state index in [0.717, 1.165) is 17.9 Å². The Morgan fingerprint density at radius 1 is 1.00 bits per heavy atom. The minimum Gasteiger partial charge on any atom is -0.316 e. The van der Waals surface area contributed by atoms with Crippen molar-refractivity contribution in [3.63, 3.8) is 0 Å². The standard InChI is InChI=1S/C16H31N3/c1-2-7-17-12-15-5-6-16(15)19-10-8-18(9-11-19)13-14-3-4-14/h14-17H,2-13H2,1H3. The van der Waals surface area contributed by atoms with Crippen molar-refractivity contribution >= 4 is 0 Å². The highest BCUT2D eigenvalue weighted by Gasteiger charge is 2.36. The van der Waals surface area contributed by atoms with Crippen LogP contribution in [0.3, 0.4) is 0 Å². The molecule has 0 radical (unpaired) electrons. The molecule has 1 saturated heterocycles. The molecule has 0 aromatic carbocycles. The number of hydrogen-bond donors (Lipinski definition) is 1. The van der Waals surface area contributed by atoms with E-state index in [0.29, 0.717) is 0 Å². The van der Waals surface area contributed by atoms with Gasteiger partial charge in [0.05, 0.1) is 0 Å². The first kappa shape index (κ1) is 13.8. The summed E-state index contributed by atoms with van der Waals surface area (Å²) in [5.41, 5.74) is 0. The van der Waals surface area contributed by atoms with Gasteiger partial charge >= 0.3 is 0 Å². The predicted octanol–water partition coefficient (Wildman–Crippen LogP) is 1.79. The summed E-state index contributed by atoms with van der Waals surface area (Å²) in [7, 11) is 0. The zero-order valence-corrected chi connectivity index (χ0v) is 12.6. The van der Waals surface area contributed by atoms with Gasteiger partial charge in [0.1, 0.15) is 0 Å². The van der Waals surface area contributed by atoms with E-state index in [1.54, 1.807) is 0 Å². The number of rotatable bonds is 7. The maximum Gasteiger partial charge on any atom is 0.0137 e. The molecule has 19 heavy (non-hydrogen) atoms. The van der Waals surface area contributed by atoms with Crippen molar-refractivity contribution in [2.24, 2.45) is 11.8 Å². The summed E-state index contributed by atoms with van der Waals surface area (Å²) in [5.74, 6) is 1.99. The second-order valence-corrected chi connectivity index (χ2v) is 6.89. The summed E-state index contributed by atoms with van der Waals surface area (Å²) in [5, 5.41) is 3.61. The van der Waals surface area contributed by atoms with Crippen LogP contribution in [0.4, 0.5) is 0 Å². The lowest BCUT2D eigenvalue weighted by Gasteiger charge is -2.48.